The second-order valence-electron chi connectivity index (χ2n) is 6.55. The van der Waals surface area contributed by atoms with Crippen molar-refractivity contribution in [2.24, 2.45) is 0 Å². The molecule has 0 aliphatic heterocycles. The number of hydrogen-bond donors (Lipinski definition) is 3. The molecular formula is C17H18N4O7. The van der Waals surface area contributed by atoms with E-state index in [-0.39, 0.29) is 23.3 Å². The number of benzene rings is 1. The van der Waals surface area contributed by atoms with Gasteiger partial charge in [0.1, 0.15) is 5.56 Å². The number of aromatic hydroxyl groups is 2. The smallest absolute Gasteiger partial charge is 0.326 e. The summed E-state index contributed by atoms with van der Waals surface area (Å²) in [5.74, 6) is -4.37. The summed E-state index contributed by atoms with van der Waals surface area (Å²) >= 11 is 0. The van der Waals surface area contributed by atoms with E-state index in [0.29, 0.717) is 12.8 Å². The lowest BCUT2D eigenvalue weighted by atomic mass is 9.94. The van der Waals surface area contributed by atoms with Gasteiger partial charge in [-0.3, -0.25) is 19.7 Å². The molecule has 1 aromatic heterocycles. The Morgan fingerprint density at radius 3 is 2.54 bits per heavy atom. The van der Waals surface area contributed by atoms with Gasteiger partial charge >= 0.3 is 5.69 Å². The predicted octanol–water partition coefficient (Wildman–Crippen LogP) is 2.00. The molecule has 3 rings (SSSR count). The third kappa shape index (κ3) is 3.63. The molecule has 0 spiro atoms. The third-order valence-electron chi connectivity index (χ3n) is 4.58. The van der Waals surface area contributed by atoms with Crippen molar-refractivity contribution in [1.82, 2.24) is 15.5 Å². The zero-order valence-corrected chi connectivity index (χ0v) is 15.0. The molecule has 11 heteroatoms. The first-order chi connectivity index (χ1) is 13.3. The van der Waals surface area contributed by atoms with Crippen LogP contribution in [0.4, 0.5) is 5.69 Å². The van der Waals surface area contributed by atoms with E-state index in [1.165, 1.54) is 6.92 Å². The maximum absolute atomic E-state index is 12.8. The summed E-state index contributed by atoms with van der Waals surface area (Å²) < 4.78 is 4.82. The van der Waals surface area contributed by atoms with Crippen LogP contribution < -0.4 is 5.32 Å². The predicted molar refractivity (Wildman–Crippen MR) is 93.8 cm³/mol. The summed E-state index contributed by atoms with van der Waals surface area (Å²) in [7, 11) is 0. The molecule has 1 aliphatic carbocycles. The molecule has 1 heterocycles. The lowest BCUT2D eigenvalue weighted by Crippen LogP contribution is -2.40. The van der Waals surface area contributed by atoms with E-state index in [1.54, 1.807) is 0 Å². The summed E-state index contributed by atoms with van der Waals surface area (Å²) in [6, 6.07) is 0.680. The van der Waals surface area contributed by atoms with Gasteiger partial charge in [-0.05, 0) is 18.9 Å². The van der Waals surface area contributed by atoms with Gasteiger partial charge in [0.05, 0.1) is 4.92 Å². The fourth-order valence-corrected chi connectivity index (χ4v) is 3.25. The van der Waals surface area contributed by atoms with Crippen molar-refractivity contribution in [3.63, 3.8) is 0 Å². The second kappa shape index (κ2) is 7.62. The SMILES string of the molecule is Cc1nc(-c2cc(O)c(O)c([N+](=O)[O-])c2C(=O)C(=O)NC2CCCCC2)no1. The molecule has 0 bridgehead atoms. The molecule has 1 aliphatic rings. The van der Waals surface area contributed by atoms with E-state index in [9.17, 15) is 29.9 Å². The molecule has 0 unspecified atom stereocenters. The average Bonchev–Trinajstić information content (AvgIpc) is 3.09. The van der Waals surface area contributed by atoms with Gasteiger partial charge in [0, 0.05) is 18.5 Å². The number of nitro benzene ring substituents is 1. The fraction of sp³-hybridized carbons (Fsp3) is 0.412. The van der Waals surface area contributed by atoms with Crippen LogP contribution in [0.3, 0.4) is 0 Å². The van der Waals surface area contributed by atoms with Gasteiger partial charge in [-0.15, -0.1) is 0 Å². The number of nitro groups is 1. The zero-order valence-electron chi connectivity index (χ0n) is 15.0. The van der Waals surface area contributed by atoms with E-state index < -0.39 is 39.4 Å². The lowest BCUT2D eigenvalue weighted by molar-refractivity contribution is -0.386. The van der Waals surface area contributed by atoms with Crippen molar-refractivity contribution >= 4 is 17.4 Å². The van der Waals surface area contributed by atoms with E-state index in [0.717, 1.165) is 25.3 Å². The third-order valence-corrected chi connectivity index (χ3v) is 4.58. The summed E-state index contributed by atoms with van der Waals surface area (Å²) in [5.41, 5.74) is -2.10. The van der Waals surface area contributed by atoms with Crippen LogP contribution in [0.15, 0.2) is 10.6 Å². The fourth-order valence-electron chi connectivity index (χ4n) is 3.25. The summed E-state index contributed by atoms with van der Waals surface area (Å²) in [6.45, 7) is 1.46. The van der Waals surface area contributed by atoms with Crippen molar-refractivity contribution in [2.45, 2.75) is 45.1 Å². The van der Waals surface area contributed by atoms with Crippen molar-refractivity contribution in [2.75, 3.05) is 0 Å². The minimum Gasteiger partial charge on any atom is -0.504 e. The molecule has 28 heavy (non-hydrogen) atoms. The Labute approximate surface area is 158 Å². The van der Waals surface area contributed by atoms with Gasteiger partial charge in [-0.25, -0.2) is 0 Å². The normalized spacial score (nSPS) is 14.6. The van der Waals surface area contributed by atoms with Crippen molar-refractivity contribution in [3.05, 3.63) is 27.6 Å². The van der Waals surface area contributed by atoms with E-state index in [2.05, 4.69) is 15.5 Å². The van der Waals surface area contributed by atoms with Crippen molar-refractivity contribution < 1.29 is 29.2 Å². The highest BCUT2D eigenvalue weighted by atomic mass is 16.6. The second-order valence-corrected chi connectivity index (χ2v) is 6.55. The number of phenols is 2. The molecule has 1 saturated carbocycles. The van der Waals surface area contributed by atoms with Crippen LogP contribution in [-0.2, 0) is 4.79 Å². The highest BCUT2D eigenvalue weighted by molar-refractivity contribution is 6.45. The van der Waals surface area contributed by atoms with Gasteiger partial charge in [0.25, 0.3) is 11.7 Å². The summed E-state index contributed by atoms with van der Waals surface area (Å²) in [4.78, 5) is 39.6. The van der Waals surface area contributed by atoms with Crippen LogP contribution in [0.25, 0.3) is 11.4 Å². The van der Waals surface area contributed by atoms with Crippen LogP contribution >= 0.6 is 0 Å². The van der Waals surface area contributed by atoms with E-state index in [4.69, 9.17) is 4.52 Å². The van der Waals surface area contributed by atoms with Gasteiger partial charge in [-0.2, -0.15) is 4.98 Å². The number of rotatable bonds is 5. The molecule has 11 nitrogen and oxygen atoms in total. The maximum Gasteiger partial charge on any atom is 0.326 e. The number of ketones is 1. The van der Waals surface area contributed by atoms with E-state index in [1.807, 2.05) is 0 Å². The van der Waals surface area contributed by atoms with Gasteiger partial charge in [0.2, 0.25) is 17.5 Å². The molecular weight excluding hydrogens is 372 g/mol. The Balaban J connectivity index is 2.08. The number of nitrogens with one attached hydrogen (secondary N) is 1. The molecule has 1 aromatic carbocycles. The number of nitrogens with zero attached hydrogens (tertiary/aromatic N) is 3. The topological polar surface area (TPSA) is 169 Å². The van der Waals surface area contributed by atoms with Crippen LogP contribution in [-0.4, -0.2) is 43.0 Å². The van der Waals surface area contributed by atoms with Crippen LogP contribution in [0, 0.1) is 17.0 Å². The van der Waals surface area contributed by atoms with Crippen molar-refractivity contribution in [1.29, 1.82) is 0 Å². The van der Waals surface area contributed by atoms with Crippen LogP contribution in [0.2, 0.25) is 0 Å². The monoisotopic (exact) mass is 390 g/mol. The molecule has 0 radical (unpaired) electrons. The summed E-state index contributed by atoms with van der Waals surface area (Å²) in [5, 5.41) is 37.4. The molecule has 0 atom stereocenters. The maximum atomic E-state index is 12.8. The summed E-state index contributed by atoms with van der Waals surface area (Å²) in [6.07, 6.45) is 4.27. The number of carbonyl (C=O) groups excluding carboxylic acids is 2. The van der Waals surface area contributed by atoms with Crippen LogP contribution in [0.1, 0.15) is 48.4 Å². The van der Waals surface area contributed by atoms with Gasteiger partial charge < -0.3 is 20.1 Å². The number of aryl methyl sites for hydroxylation is 1. The first-order valence-corrected chi connectivity index (χ1v) is 8.68. The Morgan fingerprint density at radius 1 is 1.29 bits per heavy atom. The number of hydrogen-bond acceptors (Lipinski definition) is 9. The molecule has 3 N–H and O–H groups in total. The minimum atomic E-state index is -1.23. The highest BCUT2D eigenvalue weighted by Gasteiger charge is 2.36. The largest absolute Gasteiger partial charge is 0.504 e. The number of amides is 1. The lowest BCUT2D eigenvalue weighted by Gasteiger charge is -2.22. The van der Waals surface area contributed by atoms with Gasteiger partial charge in [-0.1, -0.05) is 24.4 Å². The van der Waals surface area contributed by atoms with Crippen molar-refractivity contribution in [3.8, 4) is 22.9 Å². The Kier molecular flexibility index (Phi) is 5.25. The Bertz CT molecular complexity index is 947. The molecule has 0 saturated heterocycles. The number of phenolic OH excluding ortho intramolecular Hbond substituents is 2. The highest BCUT2D eigenvalue weighted by Crippen LogP contribution is 2.43. The van der Waals surface area contributed by atoms with E-state index >= 15 is 0 Å². The molecule has 1 fully saturated rings. The number of aromatic nitrogens is 2. The average molecular weight is 390 g/mol. The Hall–Kier alpha value is -3.50. The van der Waals surface area contributed by atoms with Gasteiger partial charge in [0.15, 0.2) is 5.75 Å². The Morgan fingerprint density at radius 2 is 1.96 bits per heavy atom. The minimum absolute atomic E-state index is 0.107. The quantitative estimate of drug-likeness (QED) is 0.227. The standard InChI is InChI=1S/C17H18N4O7/c1-8-18-16(20-28-8)10-7-11(22)14(23)13(21(26)27)12(10)15(24)17(25)19-9-5-3-2-4-6-9/h7,9,22-23H,2-6H2,1H3,(H,19,25). The molecule has 148 valence electrons. The first-order valence-electron chi connectivity index (χ1n) is 8.68. The molecule has 1 amide bonds. The number of Topliss-reactive ketones (excluding diaryl/α,β-unsaturated/α-hetero) is 1. The first kappa shape index (κ1) is 19.3. The number of carbonyl (C=O) groups is 2. The molecule has 2 aromatic rings. The zero-order chi connectivity index (χ0) is 20.4. The van der Waals surface area contributed by atoms with Crippen LogP contribution in [0.5, 0.6) is 11.5 Å².